The molecule has 0 aliphatic heterocycles. The Morgan fingerprint density at radius 1 is 1.38 bits per heavy atom. The predicted molar refractivity (Wildman–Crippen MR) is 57.0 cm³/mol. The van der Waals surface area contributed by atoms with E-state index in [9.17, 15) is 13.2 Å². The summed E-state index contributed by atoms with van der Waals surface area (Å²) in [7, 11) is 0. The fourth-order valence-electron chi connectivity index (χ4n) is 1.31. The number of hydrogen-bond acceptors (Lipinski definition) is 2. The number of nitriles is 1. The fraction of sp³-hybridized carbons (Fsp3) is 0.364. The van der Waals surface area contributed by atoms with Gasteiger partial charge in [-0.3, -0.25) is 0 Å². The minimum absolute atomic E-state index is 0.105. The molecule has 1 rings (SSSR count). The Morgan fingerprint density at radius 3 is 2.56 bits per heavy atom. The molecule has 1 aromatic rings. The molecule has 1 nitrogen and oxygen atoms in total. The molecule has 0 atom stereocenters. The Bertz CT molecular complexity index is 407. The molecule has 0 saturated carbocycles. The zero-order valence-electron chi connectivity index (χ0n) is 8.64. The first-order valence-electron chi connectivity index (χ1n) is 4.64. The summed E-state index contributed by atoms with van der Waals surface area (Å²) < 4.78 is 36.4. The number of thioether (sulfide) groups is 1. The van der Waals surface area contributed by atoms with Crippen molar-refractivity contribution in [3.63, 3.8) is 0 Å². The van der Waals surface area contributed by atoms with Gasteiger partial charge in [-0.2, -0.15) is 18.4 Å². The van der Waals surface area contributed by atoms with E-state index in [1.165, 1.54) is 6.07 Å². The van der Waals surface area contributed by atoms with Gasteiger partial charge in [0.2, 0.25) is 0 Å². The quantitative estimate of drug-likeness (QED) is 0.750. The van der Waals surface area contributed by atoms with Crippen molar-refractivity contribution in [1.29, 1.82) is 5.26 Å². The first kappa shape index (κ1) is 12.9. The second-order valence-electron chi connectivity index (χ2n) is 3.31. The van der Waals surface area contributed by atoms with E-state index in [-0.39, 0.29) is 16.7 Å². The molecule has 0 aliphatic rings. The summed E-state index contributed by atoms with van der Waals surface area (Å²) in [6, 6.07) is 6.80. The zero-order valence-corrected chi connectivity index (χ0v) is 9.45. The molecule has 0 bridgehead atoms. The molecule has 0 aliphatic carbocycles. The van der Waals surface area contributed by atoms with Crippen LogP contribution in [0.1, 0.15) is 17.5 Å². The summed E-state index contributed by atoms with van der Waals surface area (Å²) >= 11 is -0.105. The van der Waals surface area contributed by atoms with Gasteiger partial charge in [-0.25, -0.2) is 0 Å². The summed E-state index contributed by atoms with van der Waals surface area (Å²) in [5, 5.41) is 8.40. The van der Waals surface area contributed by atoms with E-state index in [4.69, 9.17) is 5.26 Å². The van der Waals surface area contributed by atoms with Crippen molar-refractivity contribution in [1.82, 2.24) is 0 Å². The minimum atomic E-state index is -4.25. The maximum absolute atomic E-state index is 12.1. The van der Waals surface area contributed by atoms with Gasteiger partial charge in [0.15, 0.2) is 0 Å². The number of aryl methyl sites for hydroxylation is 2. The van der Waals surface area contributed by atoms with Gasteiger partial charge < -0.3 is 0 Å². The highest BCUT2D eigenvalue weighted by atomic mass is 32.2. The molecule has 5 heteroatoms. The number of halogens is 3. The number of nitrogens with zero attached hydrogens (tertiary/aromatic N) is 1. The van der Waals surface area contributed by atoms with Crippen molar-refractivity contribution in [3.8, 4) is 6.07 Å². The first-order valence-corrected chi connectivity index (χ1v) is 5.46. The van der Waals surface area contributed by atoms with Gasteiger partial charge in [0, 0.05) is 11.3 Å². The number of rotatable bonds is 3. The maximum atomic E-state index is 12.1. The van der Waals surface area contributed by atoms with E-state index in [0.717, 1.165) is 5.56 Å². The Balaban J connectivity index is 2.80. The Kier molecular flexibility index (Phi) is 4.25. The molecule has 0 fully saturated rings. The second-order valence-corrected chi connectivity index (χ2v) is 4.41. The number of benzene rings is 1. The van der Waals surface area contributed by atoms with Crippen molar-refractivity contribution in [2.24, 2.45) is 0 Å². The van der Waals surface area contributed by atoms with Crippen LogP contribution in [0.25, 0.3) is 0 Å². The van der Waals surface area contributed by atoms with Crippen LogP contribution in [0.3, 0.4) is 0 Å². The molecule has 0 amide bonds. The van der Waals surface area contributed by atoms with E-state index >= 15 is 0 Å². The van der Waals surface area contributed by atoms with Crippen LogP contribution < -0.4 is 0 Å². The van der Waals surface area contributed by atoms with Gasteiger partial charge >= 0.3 is 5.51 Å². The number of hydrogen-bond donors (Lipinski definition) is 0. The monoisotopic (exact) mass is 245 g/mol. The highest BCUT2D eigenvalue weighted by Gasteiger charge is 2.29. The van der Waals surface area contributed by atoms with Crippen LogP contribution in [0.15, 0.2) is 23.1 Å². The van der Waals surface area contributed by atoms with Gasteiger partial charge in [-0.15, -0.1) is 0 Å². The average molecular weight is 245 g/mol. The predicted octanol–water partition coefficient (Wildman–Crippen LogP) is 4.06. The summed E-state index contributed by atoms with van der Waals surface area (Å²) in [5.74, 6) is 0. The van der Waals surface area contributed by atoms with E-state index in [1.54, 1.807) is 19.1 Å². The van der Waals surface area contributed by atoms with Crippen LogP contribution in [0, 0.1) is 18.3 Å². The van der Waals surface area contributed by atoms with E-state index in [0.29, 0.717) is 18.4 Å². The molecule has 16 heavy (non-hydrogen) atoms. The van der Waals surface area contributed by atoms with Crippen molar-refractivity contribution in [2.45, 2.75) is 30.2 Å². The lowest BCUT2D eigenvalue weighted by atomic mass is 10.1. The normalized spacial score (nSPS) is 11.2. The summed E-state index contributed by atoms with van der Waals surface area (Å²) in [4.78, 5) is 0.216. The third-order valence-electron chi connectivity index (χ3n) is 1.99. The zero-order chi connectivity index (χ0) is 12.2. The van der Waals surface area contributed by atoms with Crippen LogP contribution in [0.2, 0.25) is 0 Å². The van der Waals surface area contributed by atoms with Crippen molar-refractivity contribution in [2.75, 3.05) is 0 Å². The van der Waals surface area contributed by atoms with Gasteiger partial charge in [-0.05, 0) is 42.3 Å². The van der Waals surface area contributed by atoms with E-state index < -0.39 is 5.51 Å². The van der Waals surface area contributed by atoms with Crippen molar-refractivity contribution >= 4 is 11.8 Å². The Labute approximate surface area is 96.3 Å². The second kappa shape index (κ2) is 5.26. The summed E-state index contributed by atoms with van der Waals surface area (Å²) in [5.41, 5.74) is -2.76. The molecule has 0 radical (unpaired) electrons. The third kappa shape index (κ3) is 4.15. The topological polar surface area (TPSA) is 23.8 Å². The standard InChI is InChI=1S/C11H10F3NS/c1-8-7-9(3-2-6-15)4-5-10(8)16-11(12,13)14/h4-5,7H,2-3H2,1H3. The number of alkyl halides is 3. The Morgan fingerprint density at radius 2 is 2.06 bits per heavy atom. The smallest absolute Gasteiger partial charge is 0.198 e. The Hall–Kier alpha value is -1.15. The summed E-state index contributed by atoms with van der Waals surface area (Å²) in [6.07, 6.45) is 0.958. The van der Waals surface area contributed by atoms with E-state index in [1.807, 2.05) is 6.07 Å². The molecule has 0 spiro atoms. The maximum Gasteiger partial charge on any atom is 0.446 e. The fourth-order valence-corrected chi connectivity index (χ4v) is 1.91. The van der Waals surface area contributed by atoms with Crippen LogP contribution in [0.5, 0.6) is 0 Å². The van der Waals surface area contributed by atoms with Crippen LogP contribution in [-0.4, -0.2) is 5.51 Å². The lowest BCUT2D eigenvalue weighted by Gasteiger charge is -2.09. The molecule has 1 aromatic carbocycles. The summed E-state index contributed by atoms with van der Waals surface area (Å²) in [6.45, 7) is 1.64. The molecule has 0 aromatic heterocycles. The van der Waals surface area contributed by atoms with Gasteiger partial charge in [0.1, 0.15) is 0 Å². The minimum Gasteiger partial charge on any atom is -0.198 e. The molecule has 0 saturated heterocycles. The SMILES string of the molecule is Cc1cc(CCC#N)ccc1SC(F)(F)F. The average Bonchev–Trinajstić information content (AvgIpc) is 2.17. The largest absolute Gasteiger partial charge is 0.446 e. The molecular weight excluding hydrogens is 235 g/mol. The molecule has 0 N–H and O–H groups in total. The van der Waals surface area contributed by atoms with Crippen molar-refractivity contribution < 1.29 is 13.2 Å². The van der Waals surface area contributed by atoms with Crippen LogP contribution >= 0.6 is 11.8 Å². The molecule has 0 heterocycles. The van der Waals surface area contributed by atoms with E-state index in [2.05, 4.69) is 0 Å². The lowest BCUT2D eigenvalue weighted by Crippen LogP contribution is -2.00. The molecular formula is C11H10F3NS. The first-order chi connectivity index (χ1) is 7.42. The van der Waals surface area contributed by atoms with Gasteiger partial charge in [0.25, 0.3) is 0 Å². The van der Waals surface area contributed by atoms with Gasteiger partial charge in [0.05, 0.1) is 6.07 Å². The molecule has 86 valence electrons. The third-order valence-corrected chi connectivity index (χ3v) is 2.90. The highest BCUT2D eigenvalue weighted by Crippen LogP contribution is 2.38. The highest BCUT2D eigenvalue weighted by molar-refractivity contribution is 8.00. The van der Waals surface area contributed by atoms with Crippen LogP contribution in [-0.2, 0) is 6.42 Å². The van der Waals surface area contributed by atoms with Gasteiger partial charge in [-0.1, -0.05) is 12.1 Å². The lowest BCUT2D eigenvalue weighted by molar-refractivity contribution is -0.0328. The molecule has 0 unspecified atom stereocenters. The van der Waals surface area contributed by atoms with Crippen molar-refractivity contribution in [3.05, 3.63) is 29.3 Å². The van der Waals surface area contributed by atoms with Crippen LogP contribution in [0.4, 0.5) is 13.2 Å².